The Morgan fingerprint density at radius 3 is 2.60 bits per heavy atom. The Kier molecular flexibility index (Phi) is 3.01. The third-order valence-corrected chi connectivity index (χ3v) is 2.24. The van der Waals surface area contributed by atoms with Gasteiger partial charge in [0.2, 0.25) is 0 Å². The van der Waals surface area contributed by atoms with Gasteiger partial charge in [-0.2, -0.15) is 0 Å². The zero-order chi connectivity index (χ0) is 7.40. The summed E-state index contributed by atoms with van der Waals surface area (Å²) in [6, 6.07) is 3.71. The van der Waals surface area contributed by atoms with Crippen molar-refractivity contribution >= 4 is 23.9 Å². The second-order valence-electron chi connectivity index (χ2n) is 1.54. The highest BCUT2D eigenvalue weighted by atomic mass is 32.2. The van der Waals surface area contributed by atoms with Crippen molar-refractivity contribution in [2.45, 2.75) is 9.92 Å². The molecule has 4 N–H and O–H groups in total. The van der Waals surface area contributed by atoms with Crippen molar-refractivity contribution in [2.75, 3.05) is 0 Å². The van der Waals surface area contributed by atoms with E-state index in [1.165, 1.54) is 0 Å². The number of hydrogen-bond donors (Lipinski definition) is 2. The maximum atomic E-state index is 5.33. The number of pyridine rings is 1. The molecule has 0 aliphatic rings. The normalized spacial score (nSPS) is 9.80. The molecular formula is C5H7N3S2. The zero-order valence-electron chi connectivity index (χ0n) is 5.15. The number of rotatable bonds is 2. The van der Waals surface area contributed by atoms with Gasteiger partial charge in [-0.15, -0.1) is 0 Å². The fraction of sp³-hybridized carbons (Fsp3) is 0. The summed E-state index contributed by atoms with van der Waals surface area (Å²) >= 11 is 2.26. The SMILES string of the molecule is NSc1cccnc1SN. The van der Waals surface area contributed by atoms with Crippen LogP contribution in [0.3, 0.4) is 0 Å². The Labute approximate surface area is 67.8 Å². The predicted molar refractivity (Wildman–Crippen MR) is 44.3 cm³/mol. The highest BCUT2D eigenvalue weighted by Crippen LogP contribution is 2.21. The van der Waals surface area contributed by atoms with Gasteiger partial charge in [-0.3, -0.25) is 10.3 Å². The average molecular weight is 173 g/mol. The molecule has 0 aliphatic carbocycles. The number of aromatic nitrogens is 1. The maximum absolute atomic E-state index is 5.33. The summed E-state index contributed by atoms with van der Waals surface area (Å²) in [4.78, 5) is 4.92. The fourth-order valence-electron chi connectivity index (χ4n) is 0.554. The second-order valence-corrected chi connectivity index (χ2v) is 2.84. The van der Waals surface area contributed by atoms with Crippen molar-refractivity contribution in [3.8, 4) is 0 Å². The van der Waals surface area contributed by atoms with Crippen LogP contribution in [0.5, 0.6) is 0 Å². The van der Waals surface area contributed by atoms with E-state index in [-0.39, 0.29) is 0 Å². The van der Waals surface area contributed by atoms with E-state index < -0.39 is 0 Å². The number of hydrogen-bond acceptors (Lipinski definition) is 5. The van der Waals surface area contributed by atoms with Crippen LogP contribution in [0, 0.1) is 0 Å². The summed E-state index contributed by atoms with van der Waals surface area (Å²) in [5, 5.41) is 11.4. The van der Waals surface area contributed by atoms with Crippen molar-refractivity contribution in [3.05, 3.63) is 18.3 Å². The molecule has 0 aromatic carbocycles. The standard InChI is InChI=1S/C5H7N3S2/c6-9-4-2-1-3-8-5(4)10-7/h1-3H,6-7H2. The smallest absolute Gasteiger partial charge is 0.125 e. The van der Waals surface area contributed by atoms with Gasteiger partial charge in [0.15, 0.2) is 0 Å². The highest BCUT2D eigenvalue weighted by Gasteiger charge is 1.98. The van der Waals surface area contributed by atoms with E-state index in [1.54, 1.807) is 6.20 Å². The van der Waals surface area contributed by atoms with Gasteiger partial charge in [-0.1, -0.05) is 0 Å². The summed E-state index contributed by atoms with van der Waals surface area (Å²) in [6.07, 6.45) is 1.69. The molecule has 0 fully saturated rings. The molecule has 0 radical (unpaired) electrons. The molecule has 1 aromatic heterocycles. The maximum Gasteiger partial charge on any atom is 0.125 e. The molecule has 54 valence electrons. The lowest BCUT2D eigenvalue weighted by molar-refractivity contribution is 1.04. The summed E-state index contributed by atoms with van der Waals surface area (Å²) in [5.41, 5.74) is 0. The monoisotopic (exact) mass is 173 g/mol. The molecule has 0 saturated heterocycles. The van der Waals surface area contributed by atoms with Crippen LogP contribution in [0.15, 0.2) is 28.3 Å². The first-order valence-electron chi connectivity index (χ1n) is 2.57. The van der Waals surface area contributed by atoms with E-state index in [2.05, 4.69) is 4.98 Å². The molecule has 1 rings (SSSR count). The first kappa shape index (κ1) is 7.87. The Hall–Kier alpha value is -0.230. The third kappa shape index (κ3) is 1.63. The molecule has 0 saturated carbocycles. The Balaban J connectivity index is 2.96. The molecule has 3 nitrogen and oxygen atoms in total. The van der Waals surface area contributed by atoms with Crippen molar-refractivity contribution < 1.29 is 0 Å². The van der Waals surface area contributed by atoms with Gasteiger partial charge >= 0.3 is 0 Å². The topological polar surface area (TPSA) is 64.9 Å². The minimum atomic E-state index is 0.773. The molecule has 0 spiro atoms. The molecule has 1 heterocycles. The van der Waals surface area contributed by atoms with Crippen molar-refractivity contribution in [1.82, 2.24) is 4.98 Å². The quantitative estimate of drug-likeness (QED) is 0.653. The zero-order valence-corrected chi connectivity index (χ0v) is 6.78. The van der Waals surface area contributed by atoms with Gasteiger partial charge in [0.1, 0.15) is 5.03 Å². The van der Waals surface area contributed by atoms with Gasteiger partial charge in [-0.05, 0) is 36.0 Å². The summed E-state index contributed by atoms with van der Waals surface area (Å²) in [7, 11) is 0. The summed E-state index contributed by atoms with van der Waals surface area (Å²) < 4.78 is 0. The van der Waals surface area contributed by atoms with Gasteiger partial charge in [0, 0.05) is 6.20 Å². The van der Waals surface area contributed by atoms with Gasteiger partial charge in [0.05, 0.1) is 4.90 Å². The van der Waals surface area contributed by atoms with Crippen LogP contribution in [0.2, 0.25) is 0 Å². The average Bonchev–Trinajstić information content (AvgIpc) is 2.04. The van der Waals surface area contributed by atoms with E-state index in [0.717, 1.165) is 33.8 Å². The molecular weight excluding hydrogens is 166 g/mol. The lowest BCUT2D eigenvalue weighted by Gasteiger charge is -1.98. The lowest BCUT2D eigenvalue weighted by atomic mass is 10.5. The van der Waals surface area contributed by atoms with Gasteiger partial charge < -0.3 is 0 Å². The van der Waals surface area contributed by atoms with Crippen LogP contribution in [-0.4, -0.2) is 4.98 Å². The van der Waals surface area contributed by atoms with E-state index in [0.29, 0.717) is 0 Å². The molecule has 0 aliphatic heterocycles. The van der Waals surface area contributed by atoms with Crippen LogP contribution < -0.4 is 10.3 Å². The van der Waals surface area contributed by atoms with Crippen molar-refractivity contribution in [1.29, 1.82) is 0 Å². The first-order valence-corrected chi connectivity index (χ1v) is 4.33. The predicted octanol–water partition coefficient (Wildman–Crippen LogP) is 1.01. The Morgan fingerprint density at radius 1 is 1.30 bits per heavy atom. The Morgan fingerprint density at radius 2 is 2.10 bits per heavy atom. The van der Waals surface area contributed by atoms with Crippen molar-refractivity contribution in [3.63, 3.8) is 0 Å². The Bertz CT molecular complexity index is 193. The van der Waals surface area contributed by atoms with Crippen LogP contribution in [0.1, 0.15) is 0 Å². The summed E-state index contributed by atoms with van der Waals surface area (Å²) in [5.74, 6) is 0. The lowest BCUT2D eigenvalue weighted by Crippen LogP contribution is -1.89. The number of nitrogens with zero attached hydrogens (tertiary/aromatic N) is 1. The van der Waals surface area contributed by atoms with Crippen LogP contribution in [0.4, 0.5) is 0 Å². The molecule has 5 heteroatoms. The molecule has 0 atom stereocenters. The van der Waals surface area contributed by atoms with Crippen LogP contribution >= 0.6 is 23.9 Å². The first-order chi connectivity index (χ1) is 4.88. The van der Waals surface area contributed by atoms with Gasteiger partial charge in [0.25, 0.3) is 0 Å². The highest BCUT2D eigenvalue weighted by molar-refractivity contribution is 8.00. The molecule has 10 heavy (non-hydrogen) atoms. The summed E-state index contributed by atoms with van der Waals surface area (Å²) in [6.45, 7) is 0. The second kappa shape index (κ2) is 3.82. The van der Waals surface area contributed by atoms with Gasteiger partial charge in [-0.25, -0.2) is 4.98 Å². The van der Waals surface area contributed by atoms with E-state index in [9.17, 15) is 0 Å². The third-order valence-electron chi connectivity index (χ3n) is 0.975. The minimum absolute atomic E-state index is 0.773. The number of nitrogens with two attached hydrogens (primary N) is 2. The fourth-order valence-corrected chi connectivity index (χ4v) is 1.46. The molecule has 1 aromatic rings. The largest absolute Gasteiger partial charge is 0.274 e. The molecule has 0 bridgehead atoms. The minimum Gasteiger partial charge on any atom is -0.274 e. The van der Waals surface area contributed by atoms with E-state index in [1.807, 2.05) is 12.1 Å². The van der Waals surface area contributed by atoms with E-state index >= 15 is 0 Å². The van der Waals surface area contributed by atoms with Crippen LogP contribution in [-0.2, 0) is 0 Å². The molecule has 0 amide bonds. The van der Waals surface area contributed by atoms with Crippen LogP contribution in [0.25, 0.3) is 0 Å². The molecule has 0 unspecified atom stereocenters. The van der Waals surface area contributed by atoms with E-state index in [4.69, 9.17) is 10.3 Å². The van der Waals surface area contributed by atoms with Crippen molar-refractivity contribution in [2.24, 2.45) is 10.3 Å².